The Hall–Kier alpha value is -3.10. The van der Waals surface area contributed by atoms with E-state index in [2.05, 4.69) is 31.9 Å². The molecule has 6 nitrogen and oxygen atoms in total. The molecule has 0 radical (unpaired) electrons. The minimum absolute atomic E-state index is 0.0471. The van der Waals surface area contributed by atoms with Crippen molar-refractivity contribution >= 4 is 60.9 Å². The fourth-order valence-electron chi connectivity index (χ4n) is 6.14. The molecule has 1 N–H and O–H groups in total. The number of aromatic hydroxyl groups is 1. The molecule has 0 bridgehead atoms. The predicted octanol–water partition coefficient (Wildman–Crippen LogP) is 5.12. The number of fused-ring (bicyclic) bond motifs is 3. The topological polar surface area (TPSA) is 91.8 Å². The molecule has 1 saturated heterocycles. The molecule has 1 heterocycles. The highest BCUT2D eigenvalue weighted by atomic mass is 79.9. The van der Waals surface area contributed by atoms with Crippen molar-refractivity contribution in [2.24, 2.45) is 17.8 Å². The highest BCUT2D eigenvalue weighted by molar-refractivity contribution is 9.12. The molecule has 2 aromatic rings. The molecule has 3 aliphatic carbocycles. The van der Waals surface area contributed by atoms with Gasteiger partial charge in [0.15, 0.2) is 11.6 Å². The summed E-state index contributed by atoms with van der Waals surface area (Å²) in [4.78, 5) is 54.9. The number of Topliss-reactive ketones (excluding diaryl/α,β-unsaturated/α-hetero) is 1. The van der Waals surface area contributed by atoms with Crippen molar-refractivity contribution in [1.29, 1.82) is 0 Å². The number of nitrogens with zero attached hydrogens (tertiary/aromatic N) is 1. The van der Waals surface area contributed by atoms with Gasteiger partial charge in [-0.1, -0.05) is 39.7 Å². The Morgan fingerprint density at radius 1 is 0.917 bits per heavy atom. The zero-order valence-corrected chi connectivity index (χ0v) is 22.0. The number of allylic oxidation sites excluding steroid dienone is 6. The van der Waals surface area contributed by atoms with Crippen molar-refractivity contribution in [3.8, 4) is 5.75 Å². The molecule has 1 fully saturated rings. The standard InChI is InChI=1S/C28H19Br2NO5/c29-14-4-6-15(7-5-14)31-27(35)18-9-8-17-19(24(18)28(31)36)11-20-25(22(33)12-21(30)26(20)34)23(17)13-2-1-3-16(32)10-13/h1-8,10,12,18-19,23-24,32H,9,11H2/t18-,19+,23-,24-/m0/s1. The number of halogens is 2. The van der Waals surface area contributed by atoms with Crippen molar-refractivity contribution < 1.29 is 24.3 Å². The van der Waals surface area contributed by atoms with Crippen molar-refractivity contribution in [2.75, 3.05) is 4.90 Å². The number of hydrogen-bond donors (Lipinski definition) is 1. The molecular weight excluding hydrogens is 590 g/mol. The summed E-state index contributed by atoms with van der Waals surface area (Å²) in [6.45, 7) is 0. The van der Waals surface area contributed by atoms with Gasteiger partial charge in [-0.3, -0.25) is 24.1 Å². The fraction of sp³-hybridized carbons (Fsp3) is 0.214. The molecule has 0 saturated carbocycles. The maximum absolute atomic E-state index is 13.8. The van der Waals surface area contributed by atoms with Crippen LogP contribution in [0.15, 0.2) is 86.4 Å². The number of phenolic OH excluding ortho intramolecular Hbond substituents is 1. The van der Waals surface area contributed by atoms with Crippen LogP contribution in [0.4, 0.5) is 5.69 Å². The van der Waals surface area contributed by atoms with Gasteiger partial charge < -0.3 is 5.11 Å². The molecule has 1 aliphatic heterocycles. The molecule has 4 atom stereocenters. The fourth-order valence-corrected chi connectivity index (χ4v) is 6.85. The van der Waals surface area contributed by atoms with Gasteiger partial charge in [-0.2, -0.15) is 0 Å². The zero-order chi connectivity index (χ0) is 25.3. The maximum atomic E-state index is 13.8. The second kappa shape index (κ2) is 8.49. The lowest BCUT2D eigenvalue weighted by atomic mass is 9.59. The van der Waals surface area contributed by atoms with Crippen LogP contribution in [0, 0.1) is 17.8 Å². The second-order valence-corrected chi connectivity index (χ2v) is 11.2. The van der Waals surface area contributed by atoms with E-state index in [4.69, 9.17) is 0 Å². The van der Waals surface area contributed by atoms with Crippen LogP contribution in [-0.2, 0) is 19.2 Å². The van der Waals surface area contributed by atoms with E-state index in [-0.39, 0.29) is 40.0 Å². The monoisotopic (exact) mass is 607 g/mol. The smallest absolute Gasteiger partial charge is 0.238 e. The number of rotatable bonds is 2. The third kappa shape index (κ3) is 3.42. The Bertz CT molecular complexity index is 1470. The van der Waals surface area contributed by atoms with E-state index in [0.717, 1.165) is 10.0 Å². The van der Waals surface area contributed by atoms with Gasteiger partial charge in [0.1, 0.15) is 5.75 Å². The summed E-state index contributed by atoms with van der Waals surface area (Å²) < 4.78 is 1.03. The van der Waals surface area contributed by atoms with Crippen LogP contribution in [0.25, 0.3) is 0 Å². The lowest BCUT2D eigenvalue weighted by Crippen LogP contribution is -2.39. The van der Waals surface area contributed by atoms with E-state index in [0.29, 0.717) is 28.8 Å². The summed E-state index contributed by atoms with van der Waals surface area (Å²) >= 11 is 6.61. The second-order valence-electron chi connectivity index (χ2n) is 9.48. The first kappa shape index (κ1) is 23.3. The van der Waals surface area contributed by atoms with Gasteiger partial charge in [0.25, 0.3) is 0 Å². The van der Waals surface area contributed by atoms with Crippen LogP contribution in [0.1, 0.15) is 24.3 Å². The van der Waals surface area contributed by atoms with Crippen LogP contribution in [0.2, 0.25) is 0 Å². The van der Waals surface area contributed by atoms with Gasteiger partial charge >= 0.3 is 0 Å². The normalized spacial score (nSPS) is 27.4. The van der Waals surface area contributed by atoms with Gasteiger partial charge in [0.2, 0.25) is 11.8 Å². The lowest BCUT2D eigenvalue weighted by Gasteiger charge is -2.42. The number of ketones is 2. The summed E-state index contributed by atoms with van der Waals surface area (Å²) in [7, 11) is 0. The van der Waals surface area contributed by atoms with E-state index in [9.17, 15) is 24.3 Å². The molecule has 2 aromatic carbocycles. The van der Waals surface area contributed by atoms with Crippen molar-refractivity contribution in [2.45, 2.75) is 18.8 Å². The summed E-state index contributed by atoms with van der Waals surface area (Å²) in [5, 5.41) is 10.2. The minimum Gasteiger partial charge on any atom is -0.508 e. The van der Waals surface area contributed by atoms with Crippen molar-refractivity contribution in [1.82, 2.24) is 0 Å². The Kier molecular flexibility index (Phi) is 5.50. The molecular formula is C28H19Br2NO5. The molecule has 0 aromatic heterocycles. The lowest BCUT2D eigenvalue weighted by molar-refractivity contribution is -0.123. The Labute approximate surface area is 223 Å². The minimum atomic E-state index is -0.636. The van der Waals surface area contributed by atoms with Crippen molar-refractivity contribution in [3.63, 3.8) is 0 Å². The molecule has 6 rings (SSSR count). The predicted molar refractivity (Wildman–Crippen MR) is 139 cm³/mol. The third-order valence-electron chi connectivity index (χ3n) is 7.62. The molecule has 0 unspecified atom stereocenters. The molecule has 8 heteroatoms. The molecule has 2 amide bonds. The van der Waals surface area contributed by atoms with Gasteiger partial charge in [-0.05, 0) is 76.7 Å². The van der Waals surface area contributed by atoms with E-state index in [1.807, 2.05) is 12.1 Å². The average Bonchev–Trinajstić information content (AvgIpc) is 3.12. The molecule has 36 heavy (non-hydrogen) atoms. The van der Waals surface area contributed by atoms with Crippen LogP contribution in [0.5, 0.6) is 5.75 Å². The van der Waals surface area contributed by atoms with Gasteiger partial charge in [0, 0.05) is 27.6 Å². The van der Waals surface area contributed by atoms with Crippen LogP contribution >= 0.6 is 31.9 Å². The number of imide groups is 1. The van der Waals surface area contributed by atoms with E-state index >= 15 is 0 Å². The first-order valence-electron chi connectivity index (χ1n) is 11.6. The Morgan fingerprint density at radius 3 is 2.39 bits per heavy atom. The number of phenols is 1. The molecule has 4 aliphatic rings. The summed E-state index contributed by atoms with van der Waals surface area (Å²) in [6, 6.07) is 13.7. The SMILES string of the molecule is O=C1C=C(Br)C(=O)C2=C1[C@@H](c1cccc(O)c1)C1=CC[C@@H]3C(=O)N(c4ccc(Br)cc4)C(=O)[C@@H]3[C@@H]1C2. The van der Waals surface area contributed by atoms with Crippen LogP contribution < -0.4 is 4.90 Å². The van der Waals surface area contributed by atoms with Crippen LogP contribution in [-0.4, -0.2) is 28.5 Å². The molecule has 0 spiro atoms. The first-order chi connectivity index (χ1) is 17.3. The number of amides is 2. The third-order valence-corrected chi connectivity index (χ3v) is 8.74. The quantitative estimate of drug-likeness (QED) is 0.290. The van der Waals surface area contributed by atoms with Gasteiger partial charge in [0.05, 0.1) is 22.0 Å². The largest absolute Gasteiger partial charge is 0.508 e. The Morgan fingerprint density at radius 2 is 1.67 bits per heavy atom. The summed E-state index contributed by atoms with van der Waals surface area (Å²) in [5.74, 6) is -3.20. The number of benzene rings is 2. The average molecular weight is 609 g/mol. The molecule has 180 valence electrons. The zero-order valence-electron chi connectivity index (χ0n) is 18.8. The Balaban J connectivity index is 1.48. The van der Waals surface area contributed by atoms with Crippen molar-refractivity contribution in [3.05, 3.63) is 91.9 Å². The van der Waals surface area contributed by atoms with E-state index in [1.54, 1.807) is 42.5 Å². The van der Waals surface area contributed by atoms with E-state index in [1.165, 1.54) is 11.0 Å². The highest BCUT2D eigenvalue weighted by Crippen LogP contribution is 2.55. The summed E-state index contributed by atoms with van der Waals surface area (Å²) in [5.41, 5.74) is 2.79. The van der Waals surface area contributed by atoms with E-state index < -0.39 is 23.7 Å². The number of hydrogen-bond acceptors (Lipinski definition) is 5. The number of anilines is 1. The highest BCUT2D eigenvalue weighted by Gasteiger charge is 2.56. The van der Waals surface area contributed by atoms with Gasteiger partial charge in [-0.15, -0.1) is 0 Å². The maximum Gasteiger partial charge on any atom is 0.238 e. The first-order valence-corrected chi connectivity index (χ1v) is 13.2. The number of carbonyl (C=O) groups is 4. The van der Waals surface area contributed by atoms with Gasteiger partial charge in [-0.25, -0.2) is 0 Å². The number of carbonyl (C=O) groups excluding carboxylic acids is 4. The van der Waals surface area contributed by atoms with Crippen LogP contribution in [0.3, 0.4) is 0 Å². The summed E-state index contributed by atoms with van der Waals surface area (Å²) in [6.07, 6.45) is 3.83.